The van der Waals surface area contributed by atoms with E-state index in [2.05, 4.69) is 9.72 Å². The Morgan fingerprint density at radius 1 is 1.57 bits per heavy atom. The number of carbonyl (C=O) groups is 1. The molecule has 1 rings (SSSR count). The van der Waals surface area contributed by atoms with E-state index in [1.165, 1.54) is 7.11 Å². The molecule has 0 saturated heterocycles. The minimum absolute atomic E-state index is 0.0809. The minimum Gasteiger partial charge on any atom is -0.473 e. The van der Waals surface area contributed by atoms with Crippen LogP contribution in [0.1, 0.15) is 9.67 Å². The van der Waals surface area contributed by atoms with E-state index < -0.39 is 22.0 Å². The summed E-state index contributed by atoms with van der Waals surface area (Å²) < 4.78 is 40.4. The van der Waals surface area contributed by atoms with E-state index in [-0.39, 0.29) is 5.19 Å². The van der Waals surface area contributed by atoms with Gasteiger partial charge in [0, 0.05) is 0 Å². The van der Waals surface area contributed by atoms with Gasteiger partial charge in [0.15, 0.2) is 5.15 Å². The molecule has 0 radical (unpaired) electrons. The van der Waals surface area contributed by atoms with Gasteiger partial charge in [-0.3, -0.25) is 4.79 Å². The first-order valence-corrected chi connectivity index (χ1v) is 4.37. The van der Waals surface area contributed by atoms with Crippen LogP contribution in [0.2, 0.25) is 5.15 Å². The van der Waals surface area contributed by atoms with Crippen molar-refractivity contribution in [1.82, 2.24) is 4.98 Å². The molecule has 0 unspecified atom stereocenters. The smallest absolute Gasteiger partial charge is 0.455 e. The molecule has 0 aliphatic rings. The number of methoxy groups -OCH3 is 1. The number of hydrogen-bond acceptors (Lipinski definition) is 4. The first-order chi connectivity index (χ1) is 6.36. The van der Waals surface area contributed by atoms with Gasteiger partial charge in [-0.2, -0.15) is 18.2 Å². The maximum atomic E-state index is 12.0. The highest BCUT2D eigenvalue weighted by atomic mass is 35.5. The number of ether oxygens (including phenoxy) is 1. The predicted molar refractivity (Wildman–Crippen MR) is 44.1 cm³/mol. The summed E-state index contributed by atoms with van der Waals surface area (Å²) >= 11 is 5.78. The quantitative estimate of drug-likeness (QED) is 0.752. The van der Waals surface area contributed by atoms with Gasteiger partial charge in [-0.1, -0.05) is 22.9 Å². The van der Waals surface area contributed by atoms with Gasteiger partial charge >= 0.3 is 6.18 Å². The van der Waals surface area contributed by atoms with E-state index in [4.69, 9.17) is 11.6 Å². The number of rotatable bonds is 2. The Kier molecular flexibility index (Phi) is 3.01. The van der Waals surface area contributed by atoms with Gasteiger partial charge in [-0.05, 0) is 0 Å². The third-order valence-electron chi connectivity index (χ3n) is 1.20. The molecule has 0 bridgehead atoms. The number of ketones is 1. The number of nitrogens with zero attached hydrogens (tertiary/aromatic N) is 1. The van der Waals surface area contributed by atoms with Gasteiger partial charge in [0.25, 0.3) is 11.0 Å². The molecule has 1 aromatic rings. The SMILES string of the molecule is COc1nc(Cl)c(C(=O)C(F)(F)F)s1. The summed E-state index contributed by atoms with van der Waals surface area (Å²) in [6, 6.07) is 0. The van der Waals surface area contributed by atoms with Crippen molar-refractivity contribution in [2.24, 2.45) is 0 Å². The van der Waals surface area contributed by atoms with Gasteiger partial charge in [0.2, 0.25) is 0 Å². The molecule has 0 aromatic carbocycles. The lowest BCUT2D eigenvalue weighted by molar-refractivity contribution is -0.0882. The van der Waals surface area contributed by atoms with Gasteiger partial charge in [-0.15, -0.1) is 0 Å². The molecule has 0 saturated carbocycles. The van der Waals surface area contributed by atoms with Crippen molar-refractivity contribution in [2.45, 2.75) is 6.18 Å². The van der Waals surface area contributed by atoms with Crippen LogP contribution >= 0.6 is 22.9 Å². The Labute approximate surface area is 85.5 Å². The van der Waals surface area contributed by atoms with Crippen molar-refractivity contribution in [1.29, 1.82) is 0 Å². The molecule has 0 aliphatic heterocycles. The fourth-order valence-corrected chi connectivity index (χ4v) is 1.70. The lowest BCUT2D eigenvalue weighted by atomic mass is 10.3. The molecule has 0 fully saturated rings. The second kappa shape index (κ2) is 3.74. The highest BCUT2D eigenvalue weighted by Crippen LogP contribution is 2.33. The van der Waals surface area contributed by atoms with E-state index in [1.807, 2.05) is 0 Å². The van der Waals surface area contributed by atoms with Crippen LogP contribution in [-0.4, -0.2) is 24.1 Å². The van der Waals surface area contributed by atoms with Crippen molar-refractivity contribution in [2.75, 3.05) is 7.11 Å². The summed E-state index contributed by atoms with van der Waals surface area (Å²) in [5.41, 5.74) is 0. The Morgan fingerprint density at radius 3 is 2.50 bits per heavy atom. The Bertz CT molecular complexity index is 362. The summed E-state index contributed by atoms with van der Waals surface area (Å²) in [6.07, 6.45) is -4.94. The van der Waals surface area contributed by atoms with Crippen molar-refractivity contribution in [3.8, 4) is 5.19 Å². The molecule has 3 nitrogen and oxygen atoms in total. The first kappa shape index (κ1) is 11.3. The van der Waals surface area contributed by atoms with Crippen molar-refractivity contribution < 1.29 is 22.7 Å². The second-order valence-corrected chi connectivity index (χ2v) is 3.45. The fraction of sp³-hybridized carbons (Fsp3) is 0.333. The Hall–Kier alpha value is -0.820. The molecule has 1 aromatic heterocycles. The van der Waals surface area contributed by atoms with Crippen LogP contribution in [0.5, 0.6) is 5.19 Å². The fourth-order valence-electron chi connectivity index (χ4n) is 0.639. The molecule has 8 heteroatoms. The van der Waals surface area contributed by atoms with Crippen molar-refractivity contribution >= 4 is 28.7 Å². The molecule has 78 valence electrons. The zero-order chi connectivity index (χ0) is 10.9. The number of Topliss-reactive ketones (excluding diaryl/α,β-unsaturated/α-hetero) is 1. The molecule has 0 aliphatic carbocycles. The zero-order valence-electron chi connectivity index (χ0n) is 6.68. The molecule has 1 heterocycles. The maximum absolute atomic E-state index is 12.0. The summed E-state index contributed by atoms with van der Waals surface area (Å²) in [5, 5.41) is -0.572. The molecular formula is C6H3ClF3NO2S. The van der Waals surface area contributed by atoms with Crippen LogP contribution in [0.25, 0.3) is 0 Å². The molecular weight excluding hydrogens is 243 g/mol. The topological polar surface area (TPSA) is 39.2 Å². The summed E-state index contributed by atoms with van der Waals surface area (Å²) in [7, 11) is 1.22. The zero-order valence-corrected chi connectivity index (χ0v) is 8.26. The highest BCUT2D eigenvalue weighted by Gasteiger charge is 2.42. The number of hydrogen-bond donors (Lipinski definition) is 0. The summed E-state index contributed by atoms with van der Waals surface area (Å²) in [5.74, 6) is -2.01. The Morgan fingerprint density at radius 2 is 2.14 bits per heavy atom. The van der Waals surface area contributed by atoms with Crippen LogP contribution < -0.4 is 4.74 Å². The number of halogens is 4. The molecule has 14 heavy (non-hydrogen) atoms. The number of thiazole rings is 1. The van der Waals surface area contributed by atoms with Crippen LogP contribution in [-0.2, 0) is 0 Å². The third-order valence-corrected chi connectivity index (χ3v) is 2.61. The average molecular weight is 246 g/mol. The van der Waals surface area contributed by atoms with Crippen molar-refractivity contribution in [3.05, 3.63) is 10.0 Å². The number of carbonyl (C=O) groups excluding carboxylic acids is 1. The lowest BCUT2D eigenvalue weighted by Crippen LogP contribution is -2.21. The molecule has 0 N–H and O–H groups in total. The molecule has 0 amide bonds. The number of alkyl halides is 3. The predicted octanol–water partition coefficient (Wildman–Crippen LogP) is 2.55. The van der Waals surface area contributed by atoms with Crippen LogP contribution in [0.3, 0.4) is 0 Å². The van der Waals surface area contributed by atoms with Crippen LogP contribution in [0.15, 0.2) is 0 Å². The standard InChI is InChI=1S/C6H3ClF3NO2S/c1-13-5-11-4(7)2(14-5)3(12)6(8,9)10/h1H3. The lowest BCUT2D eigenvalue weighted by Gasteiger charge is -2.01. The summed E-state index contributed by atoms with van der Waals surface area (Å²) in [4.78, 5) is 13.5. The first-order valence-electron chi connectivity index (χ1n) is 3.18. The maximum Gasteiger partial charge on any atom is 0.455 e. The normalized spacial score (nSPS) is 11.5. The van der Waals surface area contributed by atoms with E-state index in [1.54, 1.807) is 0 Å². The van der Waals surface area contributed by atoms with Gasteiger partial charge in [0.1, 0.15) is 4.88 Å². The van der Waals surface area contributed by atoms with E-state index >= 15 is 0 Å². The molecule has 0 atom stereocenters. The van der Waals surface area contributed by atoms with Gasteiger partial charge in [0.05, 0.1) is 7.11 Å². The van der Waals surface area contributed by atoms with E-state index in [9.17, 15) is 18.0 Å². The molecule has 0 spiro atoms. The third kappa shape index (κ3) is 2.16. The van der Waals surface area contributed by atoms with E-state index in [0.717, 1.165) is 0 Å². The van der Waals surface area contributed by atoms with Crippen molar-refractivity contribution in [3.63, 3.8) is 0 Å². The van der Waals surface area contributed by atoms with Crippen LogP contribution in [0, 0.1) is 0 Å². The average Bonchev–Trinajstić information content (AvgIpc) is 2.43. The largest absolute Gasteiger partial charge is 0.473 e. The Balaban J connectivity index is 3.07. The van der Waals surface area contributed by atoms with E-state index in [0.29, 0.717) is 11.3 Å². The van der Waals surface area contributed by atoms with Gasteiger partial charge < -0.3 is 4.74 Å². The minimum atomic E-state index is -4.94. The number of aromatic nitrogens is 1. The summed E-state index contributed by atoms with van der Waals surface area (Å²) in [6.45, 7) is 0. The monoisotopic (exact) mass is 245 g/mol. The van der Waals surface area contributed by atoms with Crippen LogP contribution in [0.4, 0.5) is 13.2 Å². The highest BCUT2D eigenvalue weighted by molar-refractivity contribution is 7.16. The second-order valence-electron chi connectivity index (χ2n) is 2.13. The van der Waals surface area contributed by atoms with Gasteiger partial charge in [-0.25, -0.2) is 0 Å².